The van der Waals surface area contributed by atoms with Crippen LogP contribution in [0.5, 0.6) is 17.2 Å². The fraction of sp³-hybridized carbons (Fsp3) is 0.200. The Bertz CT molecular complexity index is 943. The fourth-order valence-electron chi connectivity index (χ4n) is 3.48. The van der Waals surface area contributed by atoms with Crippen molar-refractivity contribution in [2.75, 3.05) is 26.4 Å². The third kappa shape index (κ3) is 2.19. The largest absolute Gasteiger partial charge is 0.488 e. The zero-order valence-corrected chi connectivity index (χ0v) is 13.9. The Balaban J connectivity index is 1.47. The minimum absolute atomic E-state index is 0.191. The van der Waals surface area contributed by atoms with Crippen LogP contribution in [0.4, 0.5) is 0 Å². The first-order valence-corrected chi connectivity index (χ1v) is 8.42. The summed E-state index contributed by atoms with van der Waals surface area (Å²) in [6.07, 6.45) is 1.93. The van der Waals surface area contributed by atoms with Crippen LogP contribution in [0.3, 0.4) is 0 Å². The maximum absolute atomic E-state index is 12.6. The van der Waals surface area contributed by atoms with E-state index in [1.807, 2.05) is 18.2 Å². The Morgan fingerprint density at radius 2 is 1.54 bits per heavy atom. The number of nitrogens with zero attached hydrogens (tertiary/aromatic N) is 1. The Morgan fingerprint density at radius 1 is 0.846 bits per heavy atom. The van der Waals surface area contributed by atoms with Gasteiger partial charge in [0.25, 0.3) is 11.8 Å². The molecule has 2 aromatic rings. The predicted octanol–water partition coefficient (Wildman–Crippen LogP) is 2.53. The van der Waals surface area contributed by atoms with Crippen molar-refractivity contribution in [3.05, 3.63) is 58.7 Å². The van der Waals surface area contributed by atoms with E-state index in [0.29, 0.717) is 48.2 Å². The van der Waals surface area contributed by atoms with Crippen LogP contribution in [0, 0.1) is 0 Å². The monoisotopic (exact) mass is 349 g/mol. The summed E-state index contributed by atoms with van der Waals surface area (Å²) >= 11 is 0. The molecule has 0 saturated carbocycles. The van der Waals surface area contributed by atoms with Crippen LogP contribution >= 0.6 is 0 Å². The third-order valence-electron chi connectivity index (χ3n) is 4.71. The summed E-state index contributed by atoms with van der Waals surface area (Å²) < 4.78 is 17.1. The molecule has 0 radical (unpaired) electrons. The SMILES string of the molecule is O=C1c2ccccc2C(=O)N1CC1=Cc2c(ccc3c2OCCO3)OC1. The number of hydrogen-bond donors (Lipinski definition) is 0. The fourth-order valence-corrected chi connectivity index (χ4v) is 3.48. The molecule has 6 heteroatoms. The molecule has 0 atom stereocenters. The van der Waals surface area contributed by atoms with Crippen molar-refractivity contribution in [2.45, 2.75) is 0 Å². The van der Waals surface area contributed by atoms with E-state index in [4.69, 9.17) is 14.2 Å². The van der Waals surface area contributed by atoms with Gasteiger partial charge in [0.15, 0.2) is 11.5 Å². The molecule has 0 fully saturated rings. The van der Waals surface area contributed by atoms with Gasteiger partial charge in [-0.3, -0.25) is 14.5 Å². The number of carbonyl (C=O) groups excluding carboxylic acids is 2. The lowest BCUT2D eigenvalue weighted by molar-refractivity contribution is 0.0665. The molecule has 0 saturated heterocycles. The van der Waals surface area contributed by atoms with Crippen molar-refractivity contribution >= 4 is 17.9 Å². The van der Waals surface area contributed by atoms with Gasteiger partial charge in [0.1, 0.15) is 25.6 Å². The van der Waals surface area contributed by atoms with E-state index in [-0.39, 0.29) is 18.4 Å². The van der Waals surface area contributed by atoms with Crippen LogP contribution in [0.1, 0.15) is 26.3 Å². The lowest BCUT2D eigenvalue weighted by Gasteiger charge is -2.26. The molecule has 3 aliphatic rings. The Labute approximate surface area is 149 Å². The second-order valence-corrected chi connectivity index (χ2v) is 6.33. The van der Waals surface area contributed by atoms with Crippen molar-refractivity contribution in [2.24, 2.45) is 0 Å². The molecule has 0 spiro atoms. The molecule has 2 amide bonds. The number of carbonyl (C=O) groups is 2. The van der Waals surface area contributed by atoms with Crippen LogP contribution in [0.2, 0.25) is 0 Å². The molecule has 26 heavy (non-hydrogen) atoms. The maximum atomic E-state index is 12.6. The van der Waals surface area contributed by atoms with E-state index < -0.39 is 0 Å². The van der Waals surface area contributed by atoms with Gasteiger partial charge in [-0.25, -0.2) is 0 Å². The zero-order valence-electron chi connectivity index (χ0n) is 13.9. The van der Waals surface area contributed by atoms with E-state index in [0.717, 1.165) is 11.1 Å². The average Bonchev–Trinajstić information content (AvgIpc) is 2.93. The number of rotatable bonds is 2. The summed E-state index contributed by atoms with van der Waals surface area (Å²) in [5.41, 5.74) is 2.52. The van der Waals surface area contributed by atoms with Crippen molar-refractivity contribution in [3.8, 4) is 17.2 Å². The molecule has 0 aliphatic carbocycles. The number of fused-ring (bicyclic) bond motifs is 4. The first-order valence-electron chi connectivity index (χ1n) is 8.42. The first kappa shape index (κ1) is 15.0. The highest BCUT2D eigenvalue weighted by Gasteiger charge is 2.36. The second kappa shape index (κ2) is 5.62. The van der Waals surface area contributed by atoms with Gasteiger partial charge in [-0.05, 0) is 35.9 Å². The standard InChI is InChI=1S/C20H15NO5/c22-19-13-3-1-2-4-14(13)20(23)21(19)10-12-9-15-16(26-11-12)5-6-17-18(15)25-8-7-24-17/h1-6,9H,7-8,10-11H2. The van der Waals surface area contributed by atoms with Gasteiger partial charge >= 0.3 is 0 Å². The molecule has 0 bridgehead atoms. The van der Waals surface area contributed by atoms with Gasteiger partial charge in [-0.15, -0.1) is 0 Å². The van der Waals surface area contributed by atoms with Crippen molar-refractivity contribution < 1.29 is 23.8 Å². The van der Waals surface area contributed by atoms with Gasteiger partial charge in [-0.1, -0.05) is 12.1 Å². The molecule has 5 rings (SSSR count). The van der Waals surface area contributed by atoms with Crippen LogP contribution in [-0.2, 0) is 0 Å². The van der Waals surface area contributed by atoms with Crippen LogP contribution in [-0.4, -0.2) is 43.1 Å². The highest BCUT2D eigenvalue weighted by molar-refractivity contribution is 6.21. The van der Waals surface area contributed by atoms with Crippen molar-refractivity contribution in [3.63, 3.8) is 0 Å². The Hall–Kier alpha value is -3.28. The van der Waals surface area contributed by atoms with E-state index in [9.17, 15) is 9.59 Å². The molecule has 0 N–H and O–H groups in total. The van der Waals surface area contributed by atoms with Gasteiger partial charge in [0.2, 0.25) is 0 Å². The van der Waals surface area contributed by atoms with Gasteiger partial charge in [-0.2, -0.15) is 0 Å². The normalized spacial score (nSPS) is 17.4. The van der Waals surface area contributed by atoms with Crippen molar-refractivity contribution in [1.29, 1.82) is 0 Å². The summed E-state index contributed by atoms with van der Waals surface area (Å²) in [5.74, 6) is 1.49. The number of amides is 2. The molecular formula is C20H15NO5. The lowest BCUT2D eigenvalue weighted by atomic mass is 10.0. The molecule has 6 nitrogen and oxygen atoms in total. The van der Waals surface area contributed by atoms with E-state index in [1.54, 1.807) is 24.3 Å². The summed E-state index contributed by atoms with van der Waals surface area (Å²) in [6, 6.07) is 10.6. The average molecular weight is 349 g/mol. The molecule has 0 unspecified atom stereocenters. The van der Waals surface area contributed by atoms with Gasteiger partial charge in [0.05, 0.1) is 23.2 Å². The molecule has 130 valence electrons. The van der Waals surface area contributed by atoms with Crippen LogP contribution in [0.15, 0.2) is 42.0 Å². The molecule has 3 heterocycles. The summed E-state index contributed by atoms with van der Waals surface area (Å²) in [6.45, 7) is 1.50. The molecular weight excluding hydrogens is 334 g/mol. The number of hydrogen-bond acceptors (Lipinski definition) is 5. The second-order valence-electron chi connectivity index (χ2n) is 6.33. The van der Waals surface area contributed by atoms with Crippen LogP contribution in [0.25, 0.3) is 6.08 Å². The molecule has 2 aromatic carbocycles. The maximum Gasteiger partial charge on any atom is 0.261 e. The first-order chi connectivity index (χ1) is 12.7. The third-order valence-corrected chi connectivity index (χ3v) is 4.71. The highest BCUT2D eigenvalue weighted by Crippen LogP contribution is 2.42. The van der Waals surface area contributed by atoms with E-state index in [1.165, 1.54) is 4.90 Å². The lowest BCUT2D eigenvalue weighted by Crippen LogP contribution is -2.33. The Morgan fingerprint density at radius 3 is 2.31 bits per heavy atom. The Kier molecular flexibility index (Phi) is 3.25. The minimum Gasteiger partial charge on any atom is -0.488 e. The van der Waals surface area contributed by atoms with Gasteiger partial charge < -0.3 is 14.2 Å². The highest BCUT2D eigenvalue weighted by atomic mass is 16.6. The summed E-state index contributed by atoms with van der Waals surface area (Å²) in [7, 11) is 0. The van der Waals surface area contributed by atoms with Crippen molar-refractivity contribution in [1.82, 2.24) is 4.90 Å². The number of ether oxygens (including phenoxy) is 3. The molecule has 3 aliphatic heterocycles. The van der Waals surface area contributed by atoms with Gasteiger partial charge in [0, 0.05) is 0 Å². The minimum atomic E-state index is -0.271. The van der Waals surface area contributed by atoms with E-state index >= 15 is 0 Å². The predicted molar refractivity (Wildman–Crippen MR) is 92.7 cm³/mol. The smallest absolute Gasteiger partial charge is 0.261 e. The summed E-state index contributed by atoms with van der Waals surface area (Å²) in [4.78, 5) is 26.4. The molecule has 0 aromatic heterocycles. The number of imide groups is 1. The summed E-state index contributed by atoms with van der Waals surface area (Å²) in [5, 5.41) is 0. The zero-order chi connectivity index (χ0) is 17.7. The van der Waals surface area contributed by atoms with Crippen LogP contribution < -0.4 is 14.2 Å². The number of benzene rings is 2. The topological polar surface area (TPSA) is 65.1 Å². The van der Waals surface area contributed by atoms with E-state index in [2.05, 4.69) is 0 Å². The quantitative estimate of drug-likeness (QED) is 0.780.